The van der Waals surface area contributed by atoms with Crippen molar-refractivity contribution in [3.63, 3.8) is 0 Å². The number of ether oxygens (including phenoxy) is 1. The molecule has 1 aromatic heterocycles. The van der Waals surface area contributed by atoms with Crippen LogP contribution in [0.5, 0.6) is 0 Å². The topological polar surface area (TPSA) is 90.9 Å². The van der Waals surface area contributed by atoms with Crippen molar-refractivity contribution in [2.45, 2.75) is 66.2 Å². The smallest absolute Gasteiger partial charge is 0.408 e. The van der Waals surface area contributed by atoms with Crippen molar-refractivity contribution in [1.82, 2.24) is 20.9 Å². The van der Waals surface area contributed by atoms with Gasteiger partial charge in [-0.3, -0.25) is 4.99 Å². The molecule has 0 aliphatic rings. The summed E-state index contributed by atoms with van der Waals surface area (Å²) in [6.07, 6.45) is 1.44. The lowest BCUT2D eigenvalue weighted by atomic mass is 10.1. The van der Waals surface area contributed by atoms with Crippen molar-refractivity contribution in [3.05, 3.63) is 23.9 Å². The molecule has 0 spiro atoms. The Hall–Kier alpha value is -1.78. The van der Waals surface area contributed by atoms with E-state index < -0.39 is 17.2 Å². The molecule has 0 fully saturated rings. The van der Waals surface area contributed by atoms with E-state index in [2.05, 4.69) is 50.7 Å². The van der Waals surface area contributed by atoms with Crippen LogP contribution in [-0.4, -0.2) is 54.9 Å². The quantitative estimate of drug-likeness (QED) is 0.269. The van der Waals surface area contributed by atoms with Crippen LogP contribution >= 0.6 is 24.0 Å². The van der Waals surface area contributed by atoms with Crippen molar-refractivity contribution in [1.29, 1.82) is 0 Å². The molecule has 8 nitrogen and oxygen atoms in total. The summed E-state index contributed by atoms with van der Waals surface area (Å²) in [6.45, 7) is 16.6. The minimum Gasteiger partial charge on any atom is -0.444 e. The monoisotopic (exact) mass is 534 g/mol. The number of alkyl carbamates (subject to hydrolysis) is 1. The third-order valence-corrected chi connectivity index (χ3v) is 4.12. The van der Waals surface area contributed by atoms with E-state index in [-0.39, 0.29) is 24.0 Å². The Balaban J connectivity index is 0.00000841. The van der Waals surface area contributed by atoms with Gasteiger partial charge in [0.2, 0.25) is 0 Å². The molecule has 1 amide bonds. The number of amides is 1. The summed E-state index contributed by atoms with van der Waals surface area (Å²) in [5.74, 6) is 1.63. The fourth-order valence-electron chi connectivity index (χ4n) is 2.59. The fourth-order valence-corrected chi connectivity index (χ4v) is 2.59. The predicted octanol–water partition coefficient (Wildman–Crippen LogP) is 3.51. The molecule has 9 heteroatoms. The number of carbonyl (C=O) groups is 1. The Morgan fingerprint density at radius 1 is 1.13 bits per heavy atom. The third-order valence-electron chi connectivity index (χ3n) is 4.12. The second-order valence-electron chi connectivity index (χ2n) is 8.49. The minimum absolute atomic E-state index is 0. The summed E-state index contributed by atoms with van der Waals surface area (Å²) >= 11 is 0. The van der Waals surface area contributed by atoms with Gasteiger partial charge in [0.05, 0.1) is 5.54 Å². The van der Waals surface area contributed by atoms with Gasteiger partial charge >= 0.3 is 6.09 Å². The summed E-state index contributed by atoms with van der Waals surface area (Å²) in [4.78, 5) is 23.0. The average Bonchev–Trinajstić information content (AvgIpc) is 2.61. The number of nitrogens with one attached hydrogen (secondary N) is 3. The van der Waals surface area contributed by atoms with E-state index in [1.807, 2.05) is 46.9 Å². The molecular weight excluding hydrogens is 495 g/mol. The summed E-state index contributed by atoms with van der Waals surface area (Å²) < 4.78 is 5.32. The maximum atomic E-state index is 12.0. The van der Waals surface area contributed by atoms with Gasteiger partial charge in [0, 0.05) is 39.4 Å². The molecule has 0 saturated carbocycles. The Bertz CT molecular complexity index is 667. The van der Waals surface area contributed by atoms with E-state index in [9.17, 15) is 4.79 Å². The first kappa shape index (κ1) is 28.2. The van der Waals surface area contributed by atoms with E-state index in [0.29, 0.717) is 19.0 Å². The Morgan fingerprint density at radius 3 is 2.23 bits per heavy atom. The zero-order valence-corrected chi connectivity index (χ0v) is 22.0. The van der Waals surface area contributed by atoms with Crippen molar-refractivity contribution in [2.75, 3.05) is 31.6 Å². The lowest BCUT2D eigenvalue weighted by Gasteiger charge is -2.29. The molecule has 0 unspecified atom stereocenters. The number of anilines is 1. The number of hydrogen-bond donors (Lipinski definition) is 3. The van der Waals surface area contributed by atoms with Gasteiger partial charge < -0.3 is 25.6 Å². The first-order chi connectivity index (χ1) is 13.5. The number of halogens is 1. The number of guanidine groups is 1. The first-order valence-electron chi connectivity index (χ1n) is 10.1. The molecule has 0 saturated heterocycles. The van der Waals surface area contributed by atoms with Crippen molar-refractivity contribution < 1.29 is 9.53 Å². The van der Waals surface area contributed by atoms with Gasteiger partial charge in [0.15, 0.2) is 5.96 Å². The van der Waals surface area contributed by atoms with Crippen LogP contribution in [0.25, 0.3) is 0 Å². The maximum absolute atomic E-state index is 12.0. The lowest BCUT2D eigenvalue weighted by Crippen LogP contribution is -2.54. The van der Waals surface area contributed by atoms with Crippen LogP contribution in [0.1, 0.15) is 54.0 Å². The number of hydrogen-bond acceptors (Lipinski definition) is 5. The summed E-state index contributed by atoms with van der Waals surface area (Å²) in [5.41, 5.74) is 0.0301. The number of aromatic nitrogens is 1. The molecule has 0 atom stereocenters. The van der Waals surface area contributed by atoms with E-state index >= 15 is 0 Å². The molecule has 0 aromatic carbocycles. The van der Waals surface area contributed by atoms with Gasteiger partial charge in [-0.15, -0.1) is 24.0 Å². The minimum atomic E-state index is -0.528. The van der Waals surface area contributed by atoms with Crippen LogP contribution in [0, 0.1) is 0 Å². The van der Waals surface area contributed by atoms with Gasteiger partial charge in [-0.1, -0.05) is 6.07 Å². The zero-order valence-electron chi connectivity index (χ0n) is 19.6. The van der Waals surface area contributed by atoms with Crippen LogP contribution in [0.4, 0.5) is 10.6 Å². The van der Waals surface area contributed by atoms with E-state index in [1.54, 1.807) is 7.05 Å². The molecule has 0 aliphatic carbocycles. The third kappa shape index (κ3) is 10.8. The van der Waals surface area contributed by atoms with E-state index in [4.69, 9.17) is 4.74 Å². The fraction of sp³-hybridized carbons (Fsp3) is 0.667. The maximum Gasteiger partial charge on any atom is 0.408 e. The van der Waals surface area contributed by atoms with Crippen molar-refractivity contribution in [2.24, 2.45) is 4.99 Å². The number of nitrogens with zero attached hydrogens (tertiary/aromatic N) is 3. The van der Waals surface area contributed by atoms with E-state index in [0.717, 1.165) is 24.5 Å². The molecule has 30 heavy (non-hydrogen) atoms. The Morgan fingerprint density at radius 2 is 1.77 bits per heavy atom. The number of pyridine rings is 1. The molecule has 0 aliphatic heterocycles. The van der Waals surface area contributed by atoms with Crippen LogP contribution in [0.15, 0.2) is 23.3 Å². The van der Waals surface area contributed by atoms with Crippen molar-refractivity contribution >= 4 is 41.8 Å². The highest BCUT2D eigenvalue weighted by atomic mass is 127. The van der Waals surface area contributed by atoms with E-state index in [1.165, 1.54) is 0 Å². The molecule has 172 valence electrons. The van der Waals surface area contributed by atoms with Crippen LogP contribution in [0.2, 0.25) is 0 Å². The number of aliphatic imine (C=N–C) groups is 1. The summed E-state index contributed by atoms with van der Waals surface area (Å²) in [7, 11) is 1.71. The lowest BCUT2D eigenvalue weighted by molar-refractivity contribution is 0.0474. The summed E-state index contributed by atoms with van der Waals surface area (Å²) in [6, 6.07) is 4.10. The normalized spacial score (nSPS) is 11.9. The molecule has 1 aromatic rings. The molecule has 3 N–H and O–H groups in total. The zero-order chi connectivity index (χ0) is 22.1. The highest BCUT2D eigenvalue weighted by Gasteiger charge is 2.24. The van der Waals surface area contributed by atoms with Crippen LogP contribution in [0.3, 0.4) is 0 Å². The number of carbonyl (C=O) groups excluding carboxylic acids is 1. The molecule has 1 heterocycles. The van der Waals surface area contributed by atoms with Gasteiger partial charge in [0.1, 0.15) is 11.4 Å². The highest BCUT2D eigenvalue weighted by molar-refractivity contribution is 14.0. The summed E-state index contributed by atoms with van der Waals surface area (Å²) in [5, 5.41) is 9.38. The number of rotatable bonds is 8. The van der Waals surface area contributed by atoms with Gasteiger partial charge in [-0.05, 0) is 60.1 Å². The Labute approximate surface area is 198 Å². The second kappa shape index (κ2) is 12.8. The van der Waals surface area contributed by atoms with Crippen LogP contribution in [-0.2, 0) is 11.3 Å². The SMILES string of the molecule is CCN(CC)c1ccc(CNC(=NC)NCC(C)(C)NC(=O)OC(C)(C)C)cn1.I. The Kier molecular flexibility index (Phi) is 12.1. The predicted molar refractivity (Wildman–Crippen MR) is 135 cm³/mol. The first-order valence-corrected chi connectivity index (χ1v) is 10.1. The van der Waals surface area contributed by atoms with Gasteiger partial charge in [-0.2, -0.15) is 0 Å². The highest BCUT2D eigenvalue weighted by Crippen LogP contribution is 2.11. The largest absolute Gasteiger partial charge is 0.444 e. The molecule has 0 bridgehead atoms. The molecule has 1 rings (SSSR count). The second-order valence-corrected chi connectivity index (χ2v) is 8.49. The van der Waals surface area contributed by atoms with Crippen molar-refractivity contribution in [3.8, 4) is 0 Å². The average molecular weight is 534 g/mol. The van der Waals surface area contributed by atoms with Crippen LogP contribution < -0.4 is 20.9 Å². The standard InChI is InChI=1S/C21H38N6O2.HI/c1-9-27(10-2)17-12-11-16(13-23-17)14-24-18(22-8)25-15-21(6,7)26-19(28)29-20(3,4)5;/h11-13H,9-10,14-15H2,1-8H3,(H,26,28)(H2,22,24,25);1H. The van der Waals surface area contributed by atoms with Gasteiger partial charge in [0.25, 0.3) is 0 Å². The van der Waals surface area contributed by atoms with Gasteiger partial charge in [-0.25, -0.2) is 9.78 Å². The molecule has 0 radical (unpaired) electrons. The molecular formula is C21H39IN6O2.